The molecule has 0 saturated heterocycles. The largest absolute Gasteiger partial charge is 0.370 e. The van der Waals surface area contributed by atoms with Crippen molar-refractivity contribution in [1.29, 1.82) is 0 Å². The van der Waals surface area contributed by atoms with E-state index in [9.17, 15) is 0 Å². The smallest absolute Gasteiger partial charge is 0.189 e. The molecule has 0 saturated carbocycles. The highest BCUT2D eigenvalue weighted by molar-refractivity contribution is 14.0. The van der Waals surface area contributed by atoms with Crippen molar-refractivity contribution < 1.29 is 0 Å². The van der Waals surface area contributed by atoms with Crippen LogP contribution in [0.25, 0.3) is 0 Å². The molecule has 0 radical (unpaired) electrons. The second-order valence-corrected chi connectivity index (χ2v) is 5.52. The van der Waals surface area contributed by atoms with Crippen molar-refractivity contribution in [3.63, 3.8) is 0 Å². The summed E-state index contributed by atoms with van der Waals surface area (Å²) >= 11 is 12.1. The lowest BCUT2D eigenvalue weighted by Gasteiger charge is -2.16. The van der Waals surface area contributed by atoms with Gasteiger partial charge >= 0.3 is 0 Å². The van der Waals surface area contributed by atoms with Gasteiger partial charge in [-0.05, 0) is 30.7 Å². The van der Waals surface area contributed by atoms with Crippen LogP contribution in [0.3, 0.4) is 0 Å². The average Bonchev–Trinajstić information content (AvgIpc) is 2.81. The Morgan fingerprint density at radius 2 is 2.14 bits per heavy atom. The molecular formula is C14H18Cl2IN5. The van der Waals surface area contributed by atoms with Crippen molar-refractivity contribution in [1.82, 2.24) is 15.1 Å². The van der Waals surface area contributed by atoms with Gasteiger partial charge in [0.2, 0.25) is 0 Å². The second kappa shape index (κ2) is 8.59. The minimum absolute atomic E-state index is 0. The van der Waals surface area contributed by atoms with Crippen LogP contribution in [0.2, 0.25) is 10.0 Å². The summed E-state index contributed by atoms with van der Waals surface area (Å²) in [5.74, 6) is 0.356. The van der Waals surface area contributed by atoms with Crippen molar-refractivity contribution >= 4 is 53.1 Å². The Labute approximate surface area is 156 Å². The van der Waals surface area contributed by atoms with Crippen molar-refractivity contribution in [3.8, 4) is 0 Å². The first-order valence-corrected chi connectivity index (χ1v) is 7.21. The molecule has 0 aliphatic carbocycles. The Kier molecular flexibility index (Phi) is 7.44. The lowest BCUT2D eigenvalue weighted by Crippen LogP contribution is -2.34. The van der Waals surface area contributed by atoms with Crippen molar-refractivity contribution in [2.45, 2.75) is 19.5 Å². The Hall–Kier alpha value is -0.990. The molecule has 2 rings (SSSR count). The maximum absolute atomic E-state index is 6.17. The topological polar surface area (TPSA) is 68.2 Å². The van der Waals surface area contributed by atoms with Crippen LogP contribution in [0, 0.1) is 0 Å². The zero-order valence-corrected chi connectivity index (χ0v) is 16.1. The van der Waals surface area contributed by atoms with Gasteiger partial charge in [0, 0.05) is 23.3 Å². The van der Waals surface area contributed by atoms with E-state index in [2.05, 4.69) is 15.4 Å². The molecule has 0 amide bonds. The Morgan fingerprint density at radius 3 is 2.73 bits per heavy atom. The minimum atomic E-state index is -0.0648. The van der Waals surface area contributed by atoms with Crippen LogP contribution in [-0.2, 0) is 13.6 Å². The van der Waals surface area contributed by atoms with Gasteiger partial charge in [0.25, 0.3) is 0 Å². The van der Waals surface area contributed by atoms with Gasteiger partial charge in [0.15, 0.2) is 5.96 Å². The van der Waals surface area contributed by atoms with E-state index in [1.54, 1.807) is 23.0 Å². The summed E-state index contributed by atoms with van der Waals surface area (Å²) in [5.41, 5.74) is 7.80. The maximum atomic E-state index is 6.17. The Bertz CT molecular complexity index is 656. The van der Waals surface area contributed by atoms with Crippen LogP contribution in [-0.4, -0.2) is 15.7 Å². The molecule has 0 aliphatic rings. The van der Waals surface area contributed by atoms with E-state index < -0.39 is 0 Å². The number of rotatable bonds is 4. The number of nitrogens with one attached hydrogen (secondary N) is 1. The molecule has 1 atom stereocenters. The Balaban J connectivity index is 0.00000242. The summed E-state index contributed by atoms with van der Waals surface area (Å²) in [5, 5.41) is 8.39. The van der Waals surface area contributed by atoms with Gasteiger partial charge in [-0.2, -0.15) is 5.10 Å². The number of aliphatic imine (C=N–C) groups is 1. The molecule has 1 heterocycles. The van der Waals surface area contributed by atoms with Gasteiger partial charge in [-0.15, -0.1) is 24.0 Å². The first kappa shape index (κ1) is 19.1. The molecule has 0 fully saturated rings. The SMILES string of the molecule is CC(NC(N)=NCc1ccnn1C)c1ccc(Cl)cc1Cl.I. The molecule has 1 aromatic carbocycles. The van der Waals surface area contributed by atoms with Crippen LogP contribution in [0.5, 0.6) is 0 Å². The zero-order chi connectivity index (χ0) is 15.4. The lowest BCUT2D eigenvalue weighted by molar-refractivity contribution is 0.693. The molecule has 0 spiro atoms. The standard InChI is InChI=1S/C14H17Cl2N5.HI/c1-9(12-4-3-10(15)7-13(12)16)20-14(17)18-8-11-5-6-19-21(11)2;/h3-7,9H,8H2,1-2H3,(H3,17,18,20);1H. The fourth-order valence-corrected chi connectivity index (χ4v) is 2.49. The van der Waals surface area contributed by atoms with E-state index in [1.807, 2.05) is 26.1 Å². The Morgan fingerprint density at radius 1 is 1.41 bits per heavy atom. The summed E-state index contributed by atoms with van der Waals surface area (Å²) in [6.45, 7) is 2.43. The molecule has 3 N–H and O–H groups in total. The van der Waals surface area contributed by atoms with Crippen molar-refractivity contribution in [2.24, 2.45) is 17.8 Å². The molecule has 0 bridgehead atoms. The maximum Gasteiger partial charge on any atom is 0.189 e. The predicted molar refractivity (Wildman–Crippen MR) is 102 cm³/mol. The first-order chi connectivity index (χ1) is 9.97. The molecule has 5 nitrogen and oxygen atoms in total. The van der Waals surface area contributed by atoms with Crippen LogP contribution in [0.1, 0.15) is 24.2 Å². The average molecular weight is 454 g/mol. The summed E-state index contributed by atoms with van der Waals surface area (Å²) < 4.78 is 1.76. The fourth-order valence-electron chi connectivity index (χ4n) is 1.92. The van der Waals surface area contributed by atoms with Crippen LogP contribution < -0.4 is 11.1 Å². The van der Waals surface area contributed by atoms with E-state index >= 15 is 0 Å². The molecule has 2 aromatic rings. The lowest BCUT2D eigenvalue weighted by atomic mass is 10.1. The number of hydrogen-bond donors (Lipinski definition) is 2. The van der Waals surface area contributed by atoms with E-state index in [0.29, 0.717) is 22.5 Å². The fraction of sp³-hybridized carbons (Fsp3) is 0.286. The number of hydrogen-bond acceptors (Lipinski definition) is 2. The quantitative estimate of drug-likeness (QED) is 0.422. The molecule has 22 heavy (non-hydrogen) atoms. The van der Waals surface area contributed by atoms with E-state index in [-0.39, 0.29) is 30.0 Å². The first-order valence-electron chi connectivity index (χ1n) is 6.45. The normalized spacial score (nSPS) is 12.6. The third-order valence-electron chi connectivity index (χ3n) is 3.13. The van der Waals surface area contributed by atoms with Gasteiger partial charge < -0.3 is 11.1 Å². The molecule has 120 valence electrons. The highest BCUT2D eigenvalue weighted by Crippen LogP contribution is 2.25. The molecule has 8 heteroatoms. The van der Waals surface area contributed by atoms with Gasteiger partial charge in [0.05, 0.1) is 18.3 Å². The number of halogens is 3. The van der Waals surface area contributed by atoms with Crippen LogP contribution >= 0.6 is 47.2 Å². The molecule has 1 aromatic heterocycles. The minimum Gasteiger partial charge on any atom is -0.370 e. The second-order valence-electron chi connectivity index (χ2n) is 4.68. The van der Waals surface area contributed by atoms with E-state index in [1.165, 1.54) is 0 Å². The van der Waals surface area contributed by atoms with Crippen LogP contribution in [0.15, 0.2) is 35.5 Å². The number of nitrogens with zero attached hydrogens (tertiary/aromatic N) is 3. The number of aryl methyl sites for hydroxylation is 1. The van der Waals surface area contributed by atoms with E-state index in [0.717, 1.165) is 11.3 Å². The number of guanidine groups is 1. The van der Waals surface area contributed by atoms with Crippen molar-refractivity contribution in [3.05, 3.63) is 51.8 Å². The van der Waals surface area contributed by atoms with Crippen LogP contribution in [0.4, 0.5) is 0 Å². The number of nitrogens with two attached hydrogens (primary N) is 1. The highest BCUT2D eigenvalue weighted by atomic mass is 127. The third kappa shape index (κ3) is 5.03. The van der Waals surface area contributed by atoms with E-state index in [4.69, 9.17) is 28.9 Å². The molecule has 0 aliphatic heterocycles. The third-order valence-corrected chi connectivity index (χ3v) is 3.69. The molecular weight excluding hydrogens is 436 g/mol. The van der Waals surface area contributed by atoms with Gasteiger partial charge in [0.1, 0.15) is 0 Å². The predicted octanol–water partition coefficient (Wildman–Crippen LogP) is 3.51. The highest BCUT2D eigenvalue weighted by Gasteiger charge is 2.10. The monoisotopic (exact) mass is 453 g/mol. The summed E-state index contributed by atoms with van der Waals surface area (Å²) in [7, 11) is 1.87. The summed E-state index contributed by atoms with van der Waals surface area (Å²) in [6.07, 6.45) is 1.73. The summed E-state index contributed by atoms with van der Waals surface area (Å²) in [6, 6.07) is 7.21. The number of aromatic nitrogens is 2. The van der Waals surface area contributed by atoms with Gasteiger partial charge in [-0.3, -0.25) is 4.68 Å². The van der Waals surface area contributed by atoms with Gasteiger partial charge in [-0.25, -0.2) is 4.99 Å². The van der Waals surface area contributed by atoms with Crippen molar-refractivity contribution in [2.75, 3.05) is 0 Å². The zero-order valence-electron chi connectivity index (χ0n) is 12.3. The summed E-state index contributed by atoms with van der Waals surface area (Å²) in [4.78, 5) is 4.29. The number of benzene rings is 1. The van der Waals surface area contributed by atoms with Gasteiger partial charge in [-0.1, -0.05) is 29.3 Å². The molecule has 1 unspecified atom stereocenters.